The Hall–Kier alpha value is -3.29. The number of sulfonamides is 1. The van der Waals surface area contributed by atoms with Crippen LogP contribution in [0.5, 0.6) is 5.75 Å². The minimum atomic E-state index is -3.71. The van der Waals surface area contributed by atoms with Gasteiger partial charge in [0.25, 0.3) is 10.0 Å². The van der Waals surface area contributed by atoms with Gasteiger partial charge in [0.05, 0.1) is 17.5 Å². The zero-order valence-electron chi connectivity index (χ0n) is 16.0. The molecule has 152 valence electrons. The quantitative estimate of drug-likeness (QED) is 0.418. The summed E-state index contributed by atoms with van der Waals surface area (Å²) in [4.78, 5) is 4.48. The first kappa shape index (κ1) is 20.0. The van der Waals surface area contributed by atoms with E-state index in [4.69, 9.17) is 16.3 Å². The maximum atomic E-state index is 12.6. The molecule has 8 heteroatoms. The van der Waals surface area contributed by atoms with Gasteiger partial charge in [-0.3, -0.25) is 9.71 Å². The van der Waals surface area contributed by atoms with Gasteiger partial charge in [-0.25, -0.2) is 8.42 Å². The molecule has 0 amide bonds. The van der Waals surface area contributed by atoms with Crippen LogP contribution in [0.4, 0.5) is 17.1 Å². The summed E-state index contributed by atoms with van der Waals surface area (Å²) in [7, 11) is -2.15. The number of hydrogen-bond acceptors (Lipinski definition) is 5. The Bertz CT molecular complexity index is 1290. The molecule has 4 aromatic rings. The van der Waals surface area contributed by atoms with Gasteiger partial charge in [0.15, 0.2) is 0 Å². The molecule has 0 bridgehead atoms. The fourth-order valence-corrected chi connectivity index (χ4v) is 4.20. The number of anilines is 3. The number of halogens is 1. The third-order valence-corrected chi connectivity index (χ3v) is 6.12. The first-order valence-electron chi connectivity index (χ1n) is 9.03. The van der Waals surface area contributed by atoms with Gasteiger partial charge < -0.3 is 10.1 Å². The molecule has 0 saturated carbocycles. The van der Waals surface area contributed by atoms with E-state index in [1.165, 1.54) is 0 Å². The van der Waals surface area contributed by atoms with Crippen LogP contribution >= 0.6 is 11.6 Å². The number of pyridine rings is 1. The van der Waals surface area contributed by atoms with Gasteiger partial charge in [0, 0.05) is 33.7 Å². The van der Waals surface area contributed by atoms with Crippen LogP contribution in [-0.4, -0.2) is 20.5 Å². The lowest BCUT2D eigenvalue weighted by molar-refractivity contribution is 0.415. The summed E-state index contributed by atoms with van der Waals surface area (Å²) in [6.07, 6.45) is 1.69. The zero-order chi connectivity index (χ0) is 21.1. The molecule has 1 heterocycles. The molecule has 1 aromatic heterocycles. The van der Waals surface area contributed by atoms with Gasteiger partial charge in [-0.2, -0.15) is 0 Å². The van der Waals surface area contributed by atoms with Gasteiger partial charge in [0.1, 0.15) is 5.75 Å². The summed E-state index contributed by atoms with van der Waals surface area (Å²) in [5.74, 6) is 0.652. The highest BCUT2D eigenvalue weighted by atomic mass is 35.5. The number of fused-ring (bicyclic) bond motifs is 1. The predicted octanol–water partition coefficient (Wildman–Crippen LogP) is 5.44. The summed E-state index contributed by atoms with van der Waals surface area (Å²) in [6.45, 7) is 0. The van der Waals surface area contributed by atoms with E-state index in [-0.39, 0.29) is 4.90 Å². The number of nitrogens with one attached hydrogen (secondary N) is 2. The third kappa shape index (κ3) is 4.32. The molecule has 3 aromatic carbocycles. The zero-order valence-corrected chi connectivity index (χ0v) is 17.5. The molecule has 0 aliphatic rings. The summed E-state index contributed by atoms with van der Waals surface area (Å²) in [5.41, 5.74) is 2.83. The second-order valence-corrected chi connectivity index (χ2v) is 8.62. The predicted molar refractivity (Wildman–Crippen MR) is 120 cm³/mol. The van der Waals surface area contributed by atoms with E-state index in [9.17, 15) is 8.42 Å². The van der Waals surface area contributed by atoms with Gasteiger partial charge in [-0.1, -0.05) is 11.6 Å². The van der Waals surface area contributed by atoms with Crippen molar-refractivity contribution in [3.63, 3.8) is 0 Å². The molecule has 0 radical (unpaired) electrons. The minimum Gasteiger partial charge on any atom is -0.497 e. The van der Waals surface area contributed by atoms with Crippen LogP contribution in [0.1, 0.15) is 0 Å². The highest BCUT2D eigenvalue weighted by Gasteiger charge is 2.14. The number of nitrogens with zero attached hydrogens (tertiary/aromatic N) is 1. The van der Waals surface area contributed by atoms with Crippen molar-refractivity contribution in [3.05, 3.63) is 84.0 Å². The fraction of sp³-hybridized carbons (Fsp3) is 0.0455. The van der Waals surface area contributed by atoms with Crippen molar-refractivity contribution >= 4 is 49.6 Å². The SMILES string of the molecule is COc1ccc(NS(=O)(=O)c2ccc(Nc3ccnc4cc(Cl)ccc34)cc2)cc1. The van der Waals surface area contributed by atoms with Gasteiger partial charge in [-0.05, 0) is 72.8 Å². The van der Waals surface area contributed by atoms with Crippen molar-refractivity contribution in [1.82, 2.24) is 4.98 Å². The van der Waals surface area contributed by atoms with Crippen molar-refractivity contribution in [2.45, 2.75) is 4.90 Å². The summed E-state index contributed by atoms with van der Waals surface area (Å²) >= 11 is 6.04. The molecule has 0 spiro atoms. The molecular formula is C22H18ClN3O3S. The van der Waals surface area contributed by atoms with Crippen molar-refractivity contribution < 1.29 is 13.2 Å². The first-order chi connectivity index (χ1) is 14.4. The summed E-state index contributed by atoms with van der Waals surface area (Å²) in [5, 5.41) is 4.83. The van der Waals surface area contributed by atoms with Crippen molar-refractivity contribution in [2.75, 3.05) is 17.1 Å². The standard InChI is InChI=1S/C22H18ClN3O3S/c1-29-18-7-3-17(4-8-18)26-30(27,28)19-9-5-16(6-10-19)25-21-12-13-24-22-14-15(23)2-11-20(21)22/h2-14,26H,1H3,(H,24,25). The second-order valence-electron chi connectivity index (χ2n) is 6.50. The number of aromatic nitrogens is 1. The second kappa shape index (κ2) is 8.22. The van der Waals surface area contributed by atoms with Crippen molar-refractivity contribution in [3.8, 4) is 5.75 Å². The van der Waals surface area contributed by atoms with Crippen LogP contribution in [0, 0.1) is 0 Å². The average molecular weight is 440 g/mol. The molecule has 0 fully saturated rings. The van der Waals surface area contributed by atoms with E-state index in [1.54, 1.807) is 74.0 Å². The Balaban J connectivity index is 1.54. The highest BCUT2D eigenvalue weighted by Crippen LogP contribution is 2.28. The number of rotatable bonds is 6. The number of hydrogen-bond donors (Lipinski definition) is 2. The van der Waals surface area contributed by atoms with Crippen molar-refractivity contribution in [1.29, 1.82) is 0 Å². The number of benzene rings is 3. The Morgan fingerprint density at radius 3 is 2.30 bits per heavy atom. The smallest absolute Gasteiger partial charge is 0.261 e. The molecule has 0 aliphatic carbocycles. The van der Waals surface area contributed by atoms with Gasteiger partial charge >= 0.3 is 0 Å². The van der Waals surface area contributed by atoms with Crippen LogP contribution in [0.25, 0.3) is 10.9 Å². The summed E-state index contributed by atoms with van der Waals surface area (Å²) in [6, 6.07) is 20.5. The number of ether oxygens (including phenoxy) is 1. The van der Waals surface area contributed by atoms with E-state index in [0.29, 0.717) is 16.5 Å². The third-order valence-electron chi connectivity index (χ3n) is 4.49. The Morgan fingerprint density at radius 1 is 0.900 bits per heavy atom. The molecule has 0 aliphatic heterocycles. The maximum Gasteiger partial charge on any atom is 0.261 e. The van der Waals surface area contributed by atoms with E-state index >= 15 is 0 Å². The van der Waals surface area contributed by atoms with Crippen LogP contribution in [-0.2, 0) is 10.0 Å². The van der Waals surface area contributed by atoms with Gasteiger partial charge in [0.2, 0.25) is 0 Å². The normalized spacial score (nSPS) is 11.3. The molecule has 2 N–H and O–H groups in total. The molecule has 6 nitrogen and oxygen atoms in total. The molecule has 0 atom stereocenters. The molecule has 0 unspecified atom stereocenters. The number of methoxy groups -OCH3 is 1. The lowest BCUT2D eigenvalue weighted by Crippen LogP contribution is -2.12. The molecule has 4 rings (SSSR count). The molecule has 0 saturated heterocycles. The van der Waals surface area contributed by atoms with Crippen LogP contribution in [0.15, 0.2) is 83.9 Å². The monoisotopic (exact) mass is 439 g/mol. The Labute approximate surface area is 179 Å². The van der Waals surface area contributed by atoms with Crippen molar-refractivity contribution in [2.24, 2.45) is 0 Å². The highest BCUT2D eigenvalue weighted by molar-refractivity contribution is 7.92. The van der Waals surface area contributed by atoms with Crippen LogP contribution in [0.2, 0.25) is 5.02 Å². The lowest BCUT2D eigenvalue weighted by Gasteiger charge is -2.12. The largest absolute Gasteiger partial charge is 0.497 e. The van der Waals surface area contributed by atoms with Crippen LogP contribution < -0.4 is 14.8 Å². The first-order valence-corrected chi connectivity index (χ1v) is 10.9. The van der Waals surface area contributed by atoms with E-state index < -0.39 is 10.0 Å². The van der Waals surface area contributed by atoms with Crippen LogP contribution in [0.3, 0.4) is 0 Å². The fourth-order valence-electron chi connectivity index (χ4n) is 2.98. The lowest BCUT2D eigenvalue weighted by atomic mass is 10.2. The molecule has 30 heavy (non-hydrogen) atoms. The Kier molecular flexibility index (Phi) is 5.48. The maximum absolute atomic E-state index is 12.6. The summed E-state index contributed by atoms with van der Waals surface area (Å²) < 4.78 is 32.9. The Morgan fingerprint density at radius 2 is 1.60 bits per heavy atom. The van der Waals surface area contributed by atoms with Gasteiger partial charge in [-0.15, -0.1) is 0 Å². The van der Waals surface area contributed by atoms with E-state index in [1.807, 2.05) is 12.1 Å². The topological polar surface area (TPSA) is 80.3 Å². The average Bonchev–Trinajstić information content (AvgIpc) is 2.74. The van der Waals surface area contributed by atoms with E-state index in [2.05, 4.69) is 15.0 Å². The van der Waals surface area contributed by atoms with E-state index in [0.717, 1.165) is 22.3 Å². The minimum absolute atomic E-state index is 0.162. The molecular weight excluding hydrogens is 422 g/mol.